The van der Waals surface area contributed by atoms with Gasteiger partial charge in [0.05, 0.1) is 23.6 Å². The largest absolute Gasteiger partial charge is 0.448 e. The Morgan fingerprint density at radius 1 is 1.07 bits per heavy atom. The molecule has 216 valence electrons. The van der Waals surface area contributed by atoms with Crippen molar-refractivity contribution in [3.05, 3.63) is 65.5 Å². The van der Waals surface area contributed by atoms with Crippen LogP contribution >= 0.6 is 0 Å². The molecular formula is C31H39N7O3. The highest BCUT2D eigenvalue weighted by Crippen LogP contribution is 2.39. The lowest BCUT2D eigenvalue weighted by Gasteiger charge is -2.37. The molecule has 6 rings (SSSR count). The van der Waals surface area contributed by atoms with Crippen LogP contribution in [-0.2, 0) is 11.3 Å². The van der Waals surface area contributed by atoms with Crippen molar-refractivity contribution in [3.63, 3.8) is 0 Å². The fraction of sp³-hybridized carbons (Fsp3) is 0.484. The zero-order valence-corrected chi connectivity index (χ0v) is 23.8. The highest BCUT2D eigenvalue weighted by Gasteiger charge is 2.28. The monoisotopic (exact) mass is 557 g/mol. The van der Waals surface area contributed by atoms with Crippen LogP contribution in [0.25, 0.3) is 0 Å². The predicted octanol–water partition coefficient (Wildman–Crippen LogP) is 3.94. The Morgan fingerprint density at radius 3 is 2.66 bits per heavy atom. The number of piperazine rings is 1. The second kappa shape index (κ2) is 12.2. The number of aromatic nitrogens is 2. The molecule has 0 unspecified atom stereocenters. The molecule has 1 aromatic carbocycles. The lowest BCUT2D eigenvalue weighted by atomic mass is 10.1. The van der Waals surface area contributed by atoms with Gasteiger partial charge < -0.3 is 29.8 Å². The second-order valence-corrected chi connectivity index (χ2v) is 11.3. The number of amides is 2. The first-order valence-corrected chi connectivity index (χ1v) is 14.8. The molecule has 1 aliphatic carbocycles. The van der Waals surface area contributed by atoms with E-state index in [0.29, 0.717) is 37.5 Å². The van der Waals surface area contributed by atoms with E-state index in [9.17, 15) is 9.59 Å². The van der Waals surface area contributed by atoms with E-state index in [-0.39, 0.29) is 11.8 Å². The Bertz CT molecular complexity index is 1380. The van der Waals surface area contributed by atoms with E-state index in [4.69, 9.17) is 4.42 Å². The molecular weight excluding hydrogens is 518 g/mol. The fourth-order valence-electron chi connectivity index (χ4n) is 5.59. The molecule has 2 N–H and O–H groups in total. The minimum absolute atomic E-state index is 0.111. The number of nitrogens with one attached hydrogen (secondary N) is 2. The summed E-state index contributed by atoms with van der Waals surface area (Å²) in [6.45, 7) is 8.09. The van der Waals surface area contributed by atoms with Crippen molar-refractivity contribution < 1.29 is 14.0 Å². The smallest absolute Gasteiger partial charge is 0.251 e. The predicted molar refractivity (Wildman–Crippen MR) is 158 cm³/mol. The number of carbonyl (C=O) groups is 2. The average Bonchev–Trinajstić information content (AvgIpc) is 3.60. The number of aryl methyl sites for hydroxylation is 1. The summed E-state index contributed by atoms with van der Waals surface area (Å²) in [6, 6.07) is 10.0. The average molecular weight is 558 g/mol. The van der Waals surface area contributed by atoms with Crippen molar-refractivity contribution in [2.24, 2.45) is 0 Å². The Morgan fingerprint density at radius 2 is 1.90 bits per heavy atom. The molecule has 2 aromatic heterocycles. The number of hydrogen-bond donors (Lipinski definition) is 2. The molecule has 1 saturated carbocycles. The summed E-state index contributed by atoms with van der Waals surface area (Å²) in [6.07, 6.45) is 8.21. The van der Waals surface area contributed by atoms with Gasteiger partial charge in [-0.3, -0.25) is 9.59 Å². The molecule has 0 radical (unpaired) electrons. The van der Waals surface area contributed by atoms with Gasteiger partial charge in [-0.25, -0.2) is 9.97 Å². The third-order valence-corrected chi connectivity index (χ3v) is 8.12. The molecule has 0 spiro atoms. The molecule has 0 atom stereocenters. The lowest BCUT2D eigenvalue weighted by molar-refractivity contribution is -0.127. The summed E-state index contributed by atoms with van der Waals surface area (Å²) in [5, 5.41) is 6.57. The van der Waals surface area contributed by atoms with Gasteiger partial charge in [-0.15, -0.1) is 0 Å². The highest BCUT2D eigenvalue weighted by atomic mass is 16.3. The number of anilines is 3. The minimum atomic E-state index is -0.111. The summed E-state index contributed by atoms with van der Waals surface area (Å²) < 4.78 is 5.68. The fourth-order valence-corrected chi connectivity index (χ4v) is 5.59. The maximum Gasteiger partial charge on any atom is 0.251 e. The van der Waals surface area contributed by atoms with E-state index in [0.717, 1.165) is 87.2 Å². The number of likely N-dealkylation sites (tertiary alicyclic amines) is 1. The quantitative estimate of drug-likeness (QED) is 0.342. The van der Waals surface area contributed by atoms with Gasteiger partial charge in [0.25, 0.3) is 5.91 Å². The molecule has 2 amide bonds. The Hall–Kier alpha value is -4.08. The van der Waals surface area contributed by atoms with Gasteiger partial charge in [0, 0.05) is 69.9 Å². The van der Waals surface area contributed by atoms with Gasteiger partial charge >= 0.3 is 0 Å². The van der Waals surface area contributed by atoms with Gasteiger partial charge in [-0.05, 0) is 68.5 Å². The summed E-state index contributed by atoms with van der Waals surface area (Å²) in [7, 11) is 0. The van der Waals surface area contributed by atoms with Crippen molar-refractivity contribution in [3.8, 4) is 0 Å². The molecule has 3 aromatic rings. The number of pyridine rings is 1. The lowest BCUT2D eigenvalue weighted by Crippen LogP contribution is -2.47. The maximum atomic E-state index is 13.1. The van der Waals surface area contributed by atoms with Crippen LogP contribution in [0.4, 0.5) is 17.2 Å². The molecule has 41 heavy (non-hydrogen) atoms. The van der Waals surface area contributed by atoms with Crippen molar-refractivity contribution in [1.29, 1.82) is 0 Å². The standard InChI is InChI=1S/C31H39N7O3/c1-22-9-11-32-28(18-22)37-16-14-36(15-17-37)27-8-7-24(30(40)33-10-3-13-38-12-2-4-29(38)39)19-26(27)34-20-25-21-41-31(35-25)23-5-6-23/h7-9,11,18-19,21,23,34H,2-6,10,12-17,20H2,1H3,(H,33,40). The normalized spacial score (nSPS) is 17.3. The molecule has 0 bridgehead atoms. The van der Waals surface area contributed by atoms with Crippen LogP contribution in [0.5, 0.6) is 0 Å². The summed E-state index contributed by atoms with van der Waals surface area (Å²) >= 11 is 0. The van der Waals surface area contributed by atoms with E-state index in [1.807, 2.05) is 35.4 Å². The zero-order valence-electron chi connectivity index (χ0n) is 23.8. The minimum Gasteiger partial charge on any atom is -0.448 e. The summed E-state index contributed by atoms with van der Waals surface area (Å²) in [4.78, 5) is 40.7. The van der Waals surface area contributed by atoms with E-state index in [1.54, 1.807) is 6.26 Å². The first-order valence-electron chi connectivity index (χ1n) is 14.8. The van der Waals surface area contributed by atoms with Crippen LogP contribution in [0.3, 0.4) is 0 Å². The molecule has 10 heteroatoms. The Kier molecular flexibility index (Phi) is 8.07. The SMILES string of the molecule is Cc1ccnc(N2CCN(c3ccc(C(=O)NCCCN4CCCC4=O)cc3NCc3coc(C4CC4)n3)CC2)c1. The number of oxazole rings is 1. The zero-order chi connectivity index (χ0) is 28.2. The number of nitrogens with zero attached hydrogens (tertiary/aromatic N) is 5. The van der Waals surface area contributed by atoms with E-state index < -0.39 is 0 Å². The first-order chi connectivity index (χ1) is 20.0. The van der Waals surface area contributed by atoms with Gasteiger partial charge in [-0.1, -0.05) is 0 Å². The van der Waals surface area contributed by atoms with Crippen LogP contribution < -0.4 is 20.4 Å². The molecule has 4 heterocycles. The van der Waals surface area contributed by atoms with Crippen LogP contribution in [0.15, 0.2) is 47.2 Å². The highest BCUT2D eigenvalue weighted by molar-refractivity contribution is 5.96. The van der Waals surface area contributed by atoms with Crippen molar-refractivity contribution >= 4 is 29.0 Å². The topological polar surface area (TPSA) is 107 Å². The summed E-state index contributed by atoms with van der Waals surface area (Å²) in [5.41, 5.74) is 4.64. The third kappa shape index (κ3) is 6.64. The molecule has 3 fully saturated rings. The van der Waals surface area contributed by atoms with Crippen LogP contribution in [0, 0.1) is 6.92 Å². The van der Waals surface area contributed by atoms with E-state index in [1.165, 1.54) is 5.56 Å². The number of hydrogen-bond acceptors (Lipinski definition) is 8. The van der Waals surface area contributed by atoms with Gasteiger partial charge in [0.1, 0.15) is 12.1 Å². The van der Waals surface area contributed by atoms with Crippen LogP contribution in [0.1, 0.15) is 65.5 Å². The first kappa shape index (κ1) is 27.1. The number of carbonyl (C=O) groups excluding carboxylic acids is 2. The molecule has 3 aliphatic rings. The molecule has 10 nitrogen and oxygen atoms in total. The van der Waals surface area contributed by atoms with Crippen molar-refractivity contribution in [1.82, 2.24) is 20.2 Å². The van der Waals surface area contributed by atoms with Crippen LogP contribution in [-0.4, -0.2) is 72.5 Å². The van der Waals surface area contributed by atoms with Gasteiger partial charge in [-0.2, -0.15) is 0 Å². The van der Waals surface area contributed by atoms with Crippen LogP contribution in [0.2, 0.25) is 0 Å². The van der Waals surface area contributed by atoms with Gasteiger partial charge in [0.2, 0.25) is 5.91 Å². The third-order valence-electron chi connectivity index (χ3n) is 8.12. The van der Waals surface area contributed by atoms with Crippen molar-refractivity contribution in [2.45, 2.75) is 51.5 Å². The molecule has 2 aliphatic heterocycles. The summed E-state index contributed by atoms with van der Waals surface area (Å²) in [5.74, 6) is 2.41. The van der Waals surface area contributed by atoms with Crippen molar-refractivity contribution in [2.75, 3.05) is 60.9 Å². The number of benzene rings is 1. The van der Waals surface area contributed by atoms with E-state index in [2.05, 4.69) is 43.4 Å². The van der Waals surface area contributed by atoms with E-state index >= 15 is 0 Å². The Balaban J connectivity index is 1.12. The number of rotatable bonds is 11. The molecule has 2 saturated heterocycles. The Labute approximate surface area is 241 Å². The van der Waals surface area contributed by atoms with Gasteiger partial charge in [0.15, 0.2) is 5.89 Å². The maximum absolute atomic E-state index is 13.1. The second-order valence-electron chi connectivity index (χ2n) is 11.3.